The van der Waals surface area contributed by atoms with Gasteiger partial charge in [-0.15, -0.1) is 0 Å². The lowest BCUT2D eigenvalue weighted by Crippen LogP contribution is -2.39. The monoisotopic (exact) mass is 285 g/mol. The molecule has 0 rings (SSSR count). The van der Waals surface area contributed by atoms with Crippen LogP contribution in [0.5, 0.6) is 0 Å². The fourth-order valence-electron chi connectivity index (χ4n) is 2.14. The summed E-state index contributed by atoms with van der Waals surface area (Å²) in [6.45, 7) is 4.06. The lowest BCUT2D eigenvalue weighted by molar-refractivity contribution is -0.142. The number of nitrogens with zero attached hydrogens (tertiary/aromatic N) is 1. The summed E-state index contributed by atoms with van der Waals surface area (Å²) >= 11 is 0. The third-order valence-electron chi connectivity index (χ3n) is 3.75. The van der Waals surface area contributed by atoms with Crippen molar-refractivity contribution in [3.63, 3.8) is 0 Å². The summed E-state index contributed by atoms with van der Waals surface area (Å²) in [5, 5.41) is 8.85. The molecule has 0 fully saturated rings. The maximum Gasteiger partial charge on any atom is 0.320 e. The molecule has 0 aliphatic rings. The number of carboxylic acid groups (broad SMARTS) is 1. The Morgan fingerprint density at radius 2 is 1.50 bits per heavy atom. The summed E-state index contributed by atoms with van der Waals surface area (Å²) in [6, 6.07) is -0.600. The van der Waals surface area contributed by atoms with Crippen molar-refractivity contribution in [1.82, 2.24) is 4.90 Å². The van der Waals surface area contributed by atoms with Crippen LogP contribution in [0.2, 0.25) is 0 Å². The van der Waals surface area contributed by atoms with Gasteiger partial charge in [0, 0.05) is 6.42 Å². The molecule has 0 saturated heterocycles. The Balaban J connectivity index is 3.52. The molecule has 1 N–H and O–H groups in total. The van der Waals surface area contributed by atoms with E-state index in [-0.39, 0.29) is 12.3 Å². The van der Waals surface area contributed by atoms with Crippen molar-refractivity contribution in [2.75, 3.05) is 13.6 Å². The molecule has 0 aromatic rings. The highest BCUT2D eigenvalue weighted by molar-refractivity contribution is 5.81. The van der Waals surface area contributed by atoms with Gasteiger partial charge in [-0.1, -0.05) is 51.9 Å². The Morgan fingerprint density at radius 3 is 2.00 bits per heavy atom. The van der Waals surface area contributed by atoms with Gasteiger partial charge in [-0.3, -0.25) is 14.5 Å². The van der Waals surface area contributed by atoms with Crippen LogP contribution in [-0.4, -0.2) is 41.4 Å². The number of unbranched alkanes of at least 4 members (excludes halogenated alkanes) is 7. The third-order valence-corrected chi connectivity index (χ3v) is 3.75. The molecule has 0 bridgehead atoms. The summed E-state index contributed by atoms with van der Waals surface area (Å²) in [5.41, 5.74) is 0. The number of carboxylic acids is 1. The Labute approximate surface area is 123 Å². The molecule has 0 amide bonds. The average Bonchev–Trinajstić information content (AvgIpc) is 2.40. The second kappa shape index (κ2) is 11.9. The van der Waals surface area contributed by atoms with E-state index in [9.17, 15) is 9.59 Å². The molecular formula is C16H31NO3. The summed E-state index contributed by atoms with van der Waals surface area (Å²) in [7, 11) is 1.68. The van der Waals surface area contributed by atoms with Gasteiger partial charge in [0.25, 0.3) is 0 Å². The maximum absolute atomic E-state index is 11.7. The number of carbonyl (C=O) groups is 2. The van der Waals surface area contributed by atoms with Crippen LogP contribution in [0.3, 0.4) is 0 Å². The van der Waals surface area contributed by atoms with Gasteiger partial charge < -0.3 is 5.11 Å². The first-order valence-electron chi connectivity index (χ1n) is 7.93. The number of carbonyl (C=O) groups excluding carboxylic acids is 1. The van der Waals surface area contributed by atoms with E-state index in [0.717, 1.165) is 12.8 Å². The quantitative estimate of drug-likeness (QED) is 0.526. The van der Waals surface area contributed by atoms with Crippen molar-refractivity contribution < 1.29 is 14.7 Å². The number of hydrogen-bond acceptors (Lipinski definition) is 3. The predicted molar refractivity (Wildman–Crippen MR) is 82.0 cm³/mol. The number of aliphatic carboxylic acids is 1. The molecular weight excluding hydrogens is 254 g/mol. The van der Waals surface area contributed by atoms with Crippen LogP contribution in [0.1, 0.15) is 71.6 Å². The van der Waals surface area contributed by atoms with Crippen LogP contribution in [0.15, 0.2) is 0 Å². The summed E-state index contributed by atoms with van der Waals surface area (Å²) in [6.07, 6.45) is 10.3. The highest BCUT2D eigenvalue weighted by Gasteiger charge is 2.18. The highest BCUT2D eigenvalue weighted by atomic mass is 16.4. The highest BCUT2D eigenvalue weighted by Crippen LogP contribution is 2.10. The summed E-state index contributed by atoms with van der Waals surface area (Å²) in [5.74, 6) is -0.737. The predicted octanol–water partition coefficient (Wildman–Crippen LogP) is 3.49. The van der Waals surface area contributed by atoms with Gasteiger partial charge in [0.1, 0.15) is 11.8 Å². The van der Waals surface area contributed by atoms with Crippen LogP contribution in [0.25, 0.3) is 0 Å². The standard InChI is InChI=1S/C16H31NO3/c1-4-5-6-7-8-9-10-11-12-15(18)13-17(3)14(2)16(19)20/h14H,4-13H2,1-3H3,(H,19,20). The third kappa shape index (κ3) is 9.96. The molecule has 4 nitrogen and oxygen atoms in total. The Morgan fingerprint density at radius 1 is 1.00 bits per heavy atom. The second-order valence-corrected chi connectivity index (χ2v) is 5.69. The van der Waals surface area contributed by atoms with E-state index in [1.165, 1.54) is 38.5 Å². The molecule has 0 aromatic carbocycles. The van der Waals surface area contributed by atoms with E-state index in [1.807, 2.05) is 0 Å². The zero-order chi connectivity index (χ0) is 15.4. The van der Waals surface area contributed by atoms with Gasteiger partial charge in [-0.25, -0.2) is 0 Å². The maximum atomic E-state index is 11.7. The zero-order valence-electron chi connectivity index (χ0n) is 13.4. The van der Waals surface area contributed by atoms with Crippen molar-refractivity contribution >= 4 is 11.8 Å². The minimum atomic E-state index is -0.882. The van der Waals surface area contributed by atoms with E-state index < -0.39 is 12.0 Å². The van der Waals surface area contributed by atoms with Crippen LogP contribution in [0.4, 0.5) is 0 Å². The van der Waals surface area contributed by atoms with Crippen LogP contribution in [0, 0.1) is 0 Å². The Bertz CT molecular complexity index is 279. The van der Waals surface area contributed by atoms with Crippen molar-refractivity contribution in [2.24, 2.45) is 0 Å². The lowest BCUT2D eigenvalue weighted by atomic mass is 10.1. The van der Waals surface area contributed by atoms with Crippen LogP contribution in [-0.2, 0) is 9.59 Å². The molecule has 0 aromatic heterocycles. The summed E-state index contributed by atoms with van der Waals surface area (Å²) < 4.78 is 0. The second-order valence-electron chi connectivity index (χ2n) is 5.69. The first-order chi connectivity index (χ1) is 9.49. The number of Topliss-reactive ketones (excluding diaryl/α,β-unsaturated/α-hetero) is 1. The van der Waals surface area contributed by atoms with Crippen molar-refractivity contribution in [3.05, 3.63) is 0 Å². The van der Waals surface area contributed by atoms with E-state index in [4.69, 9.17) is 5.11 Å². The van der Waals surface area contributed by atoms with E-state index in [2.05, 4.69) is 6.92 Å². The minimum absolute atomic E-state index is 0.145. The molecule has 0 saturated carbocycles. The largest absolute Gasteiger partial charge is 0.480 e. The molecule has 0 spiro atoms. The SMILES string of the molecule is CCCCCCCCCCC(=O)CN(C)C(C)C(=O)O. The van der Waals surface area contributed by atoms with Crippen molar-refractivity contribution in [3.8, 4) is 0 Å². The average molecular weight is 285 g/mol. The molecule has 20 heavy (non-hydrogen) atoms. The van der Waals surface area contributed by atoms with E-state index in [1.54, 1.807) is 18.9 Å². The molecule has 0 aliphatic carbocycles. The molecule has 0 heterocycles. The van der Waals surface area contributed by atoms with E-state index in [0.29, 0.717) is 6.42 Å². The number of rotatable bonds is 13. The number of hydrogen-bond donors (Lipinski definition) is 1. The van der Waals surface area contributed by atoms with Gasteiger partial charge >= 0.3 is 5.97 Å². The van der Waals surface area contributed by atoms with Crippen molar-refractivity contribution in [1.29, 1.82) is 0 Å². The normalized spacial score (nSPS) is 12.6. The summed E-state index contributed by atoms with van der Waals surface area (Å²) in [4.78, 5) is 24.1. The first kappa shape index (κ1) is 19.1. The van der Waals surface area contributed by atoms with Crippen LogP contribution >= 0.6 is 0 Å². The van der Waals surface area contributed by atoms with Gasteiger partial charge in [0.2, 0.25) is 0 Å². The number of likely N-dealkylation sites (N-methyl/N-ethyl adjacent to an activating group) is 1. The Hall–Kier alpha value is -0.900. The number of ketones is 1. The van der Waals surface area contributed by atoms with Crippen molar-refractivity contribution in [2.45, 2.75) is 77.7 Å². The molecule has 118 valence electrons. The van der Waals surface area contributed by atoms with Gasteiger partial charge in [0.15, 0.2) is 0 Å². The molecule has 4 heteroatoms. The Kier molecular flexibility index (Phi) is 11.4. The molecule has 1 atom stereocenters. The van der Waals surface area contributed by atoms with E-state index >= 15 is 0 Å². The van der Waals surface area contributed by atoms with Gasteiger partial charge in [-0.2, -0.15) is 0 Å². The molecule has 0 aliphatic heterocycles. The zero-order valence-corrected chi connectivity index (χ0v) is 13.4. The fraction of sp³-hybridized carbons (Fsp3) is 0.875. The van der Waals surface area contributed by atoms with Gasteiger partial charge in [-0.05, 0) is 20.4 Å². The molecule has 1 unspecified atom stereocenters. The van der Waals surface area contributed by atoms with Gasteiger partial charge in [0.05, 0.1) is 6.54 Å². The fourth-order valence-corrected chi connectivity index (χ4v) is 2.14. The smallest absolute Gasteiger partial charge is 0.320 e. The lowest BCUT2D eigenvalue weighted by Gasteiger charge is -2.19. The first-order valence-corrected chi connectivity index (χ1v) is 7.93. The topological polar surface area (TPSA) is 57.6 Å². The van der Waals surface area contributed by atoms with Crippen LogP contribution < -0.4 is 0 Å². The minimum Gasteiger partial charge on any atom is -0.480 e. The molecule has 0 radical (unpaired) electrons.